The molecule has 1 fully saturated rings. The summed E-state index contributed by atoms with van der Waals surface area (Å²) < 4.78 is 77.5. The van der Waals surface area contributed by atoms with Gasteiger partial charge in [0.2, 0.25) is 0 Å². The molecule has 0 bridgehead atoms. The van der Waals surface area contributed by atoms with E-state index in [4.69, 9.17) is 0 Å². The Morgan fingerprint density at radius 1 is 1.22 bits per heavy atom. The molecule has 1 N–H and O–H groups in total. The molecular weight excluding hydrogens is 326 g/mol. The molecule has 0 spiro atoms. The first kappa shape index (κ1) is 17.4. The highest BCUT2D eigenvalue weighted by Gasteiger charge is 2.36. The summed E-state index contributed by atoms with van der Waals surface area (Å²) in [6.45, 7) is -0.782. The third kappa shape index (κ3) is 4.29. The highest BCUT2D eigenvalue weighted by molar-refractivity contribution is 5.74. The number of likely N-dealkylation sites (tertiary alicyclic amines) is 1. The number of nitrogens with zero attached hydrogens (tertiary/aromatic N) is 1. The molecule has 2 amide bonds. The number of hydrogen-bond acceptors (Lipinski definition) is 1. The molecule has 0 saturated carbocycles. The van der Waals surface area contributed by atoms with Crippen molar-refractivity contribution in [3.8, 4) is 0 Å². The number of alkyl halides is 5. The summed E-state index contributed by atoms with van der Waals surface area (Å²) in [5.41, 5.74) is -1.74. The van der Waals surface area contributed by atoms with Crippen LogP contribution in [0.15, 0.2) is 18.2 Å². The second kappa shape index (κ2) is 6.29. The minimum atomic E-state index is -4.83. The molecule has 1 aromatic carbocycles. The first-order valence-electron chi connectivity index (χ1n) is 6.85. The van der Waals surface area contributed by atoms with E-state index in [0.29, 0.717) is 6.07 Å². The van der Waals surface area contributed by atoms with E-state index in [-0.39, 0.29) is 18.7 Å². The van der Waals surface area contributed by atoms with Crippen molar-refractivity contribution in [2.24, 2.45) is 0 Å². The number of nitrogens with one attached hydrogen (secondary N) is 1. The molecule has 0 atom stereocenters. The fourth-order valence-electron chi connectivity index (χ4n) is 2.25. The molecule has 1 aliphatic rings. The smallest absolute Gasteiger partial charge is 0.334 e. The molecule has 0 aromatic heterocycles. The summed E-state index contributed by atoms with van der Waals surface area (Å²) in [6.07, 6.45) is -5.78. The van der Waals surface area contributed by atoms with E-state index >= 15 is 0 Å². The molecule has 3 nitrogen and oxygen atoms in total. The van der Waals surface area contributed by atoms with Crippen LogP contribution in [0.25, 0.3) is 0 Å². The van der Waals surface area contributed by atoms with Crippen LogP contribution >= 0.6 is 0 Å². The summed E-state index contributed by atoms with van der Waals surface area (Å²) >= 11 is 0. The zero-order valence-electron chi connectivity index (χ0n) is 11.9. The number of halogens is 6. The van der Waals surface area contributed by atoms with Crippen molar-refractivity contribution in [1.29, 1.82) is 0 Å². The maximum atomic E-state index is 13.8. The van der Waals surface area contributed by atoms with E-state index in [1.54, 1.807) is 0 Å². The molecule has 1 aliphatic heterocycles. The van der Waals surface area contributed by atoms with Crippen molar-refractivity contribution in [1.82, 2.24) is 10.2 Å². The first-order valence-corrected chi connectivity index (χ1v) is 6.85. The molecule has 1 saturated heterocycles. The zero-order chi connectivity index (χ0) is 17.3. The summed E-state index contributed by atoms with van der Waals surface area (Å²) in [5, 5.41) is 2.25. The largest absolute Gasteiger partial charge is 0.419 e. The Morgan fingerprint density at radius 3 is 2.39 bits per heavy atom. The SMILES string of the molecule is O=C(NCc1cccc(C(F)(F)F)c1F)N1CCC(F)(F)CC1. The van der Waals surface area contributed by atoms with Crippen molar-refractivity contribution in [2.75, 3.05) is 13.1 Å². The lowest BCUT2D eigenvalue weighted by molar-refractivity contribution is -0.140. The lowest BCUT2D eigenvalue weighted by Crippen LogP contribution is -2.47. The highest BCUT2D eigenvalue weighted by atomic mass is 19.4. The second-order valence-corrected chi connectivity index (χ2v) is 5.28. The van der Waals surface area contributed by atoms with Gasteiger partial charge in [0.25, 0.3) is 5.92 Å². The quantitative estimate of drug-likeness (QED) is 0.817. The van der Waals surface area contributed by atoms with Crippen molar-refractivity contribution in [3.05, 3.63) is 35.1 Å². The number of carbonyl (C=O) groups excluding carboxylic acids is 1. The number of piperidine rings is 1. The van der Waals surface area contributed by atoms with Crippen molar-refractivity contribution in [3.63, 3.8) is 0 Å². The third-order valence-corrected chi connectivity index (χ3v) is 3.60. The average Bonchev–Trinajstić information content (AvgIpc) is 2.44. The maximum Gasteiger partial charge on any atom is 0.419 e. The van der Waals surface area contributed by atoms with Crippen LogP contribution in [-0.4, -0.2) is 29.9 Å². The molecule has 1 aromatic rings. The van der Waals surface area contributed by atoms with Crippen LogP contribution in [0, 0.1) is 5.82 Å². The monoisotopic (exact) mass is 340 g/mol. The van der Waals surface area contributed by atoms with Gasteiger partial charge in [-0.3, -0.25) is 0 Å². The Morgan fingerprint density at radius 2 is 1.83 bits per heavy atom. The van der Waals surface area contributed by atoms with Crippen LogP contribution in [0.1, 0.15) is 24.0 Å². The van der Waals surface area contributed by atoms with Crippen LogP contribution in [0.3, 0.4) is 0 Å². The maximum absolute atomic E-state index is 13.8. The Labute approximate surface area is 128 Å². The lowest BCUT2D eigenvalue weighted by atomic mass is 10.1. The van der Waals surface area contributed by atoms with Gasteiger partial charge in [-0.25, -0.2) is 18.0 Å². The number of rotatable bonds is 2. The van der Waals surface area contributed by atoms with Crippen molar-refractivity contribution >= 4 is 6.03 Å². The highest BCUT2D eigenvalue weighted by Crippen LogP contribution is 2.32. The summed E-state index contributed by atoms with van der Waals surface area (Å²) in [6, 6.07) is 2.05. The Balaban J connectivity index is 1.98. The van der Waals surface area contributed by atoms with Gasteiger partial charge in [-0.2, -0.15) is 13.2 Å². The topological polar surface area (TPSA) is 32.3 Å². The molecule has 23 heavy (non-hydrogen) atoms. The van der Waals surface area contributed by atoms with Gasteiger partial charge in [0, 0.05) is 38.0 Å². The number of hydrogen-bond donors (Lipinski definition) is 1. The molecular formula is C14H14F6N2O. The van der Waals surface area contributed by atoms with Crippen LogP contribution in [0.2, 0.25) is 0 Å². The standard InChI is InChI=1S/C14H14F6N2O/c15-11-9(2-1-3-10(11)14(18,19)20)8-21-12(23)22-6-4-13(16,17)5-7-22/h1-3H,4-8H2,(H,21,23). The second-order valence-electron chi connectivity index (χ2n) is 5.28. The number of urea groups is 1. The number of benzene rings is 1. The van der Waals surface area contributed by atoms with Gasteiger partial charge in [-0.05, 0) is 6.07 Å². The molecule has 9 heteroatoms. The molecule has 1 heterocycles. The number of amides is 2. The average molecular weight is 340 g/mol. The fourth-order valence-corrected chi connectivity index (χ4v) is 2.25. The first-order chi connectivity index (χ1) is 10.6. The molecule has 0 aliphatic carbocycles. The van der Waals surface area contributed by atoms with Crippen molar-refractivity contribution < 1.29 is 31.1 Å². The number of carbonyl (C=O) groups is 1. The third-order valence-electron chi connectivity index (χ3n) is 3.60. The van der Waals surface area contributed by atoms with Crippen LogP contribution < -0.4 is 5.32 Å². The van der Waals surface area contributed by atoms with Gasteiger partial charge < -0.3 is 10.2 Å². The molecule has 0 radical (unpaired) electrons. The van der Waals surface area contributed by atoms with Gasteiger partial charge >= 0.3 is 12.2 Å². The van der Waals surface area contributed by atoms with Crippen molar-refractivity contribution in [2.45, 2.75) is 31.5 Å². The summed E-state index contributed by atoms with van der Waals surface area (Å²) in [4.78, 5) is 12.9. The lowest BCUT2D eigenvalue weighted by Gasteiger charge is -2.31. The summed E-state index contributed by atoms with van der Waals surface area (Å²) in [7, 11) is 0. The minimum absolute atomic E-state index is 0.163. The van der Waals surface area contributed by atoms with Gasteiger partial charge in [-0.1, -0.05) is 12.1 Å². The normalized spacial score (nSPS) is 17.9. The van der Waals surface area contributed by atoms with Crippen LogP contribution in [0.4, 0.5) is 31.1 Å². The molecule has 2 rings (SSSR count). The Hall–Kier alpha value is -1.93. The zero-order valence-corrected chi connectivity index (χ0v) is 11.9. The Kier molecular flexibility index (Phi) is 4.76. The molecule has 128 valence electrons. The van der Waals surface area contributed by atoms with E-state index in [1.807, 2.05) is 0 Å². The Bertz CT molecular complexity index is 577. The van der Waals surface area contributed by atoms with Gasteiger partial charge in [-0.15, -0.1) is 0 Å². The van der Waals surface area contributed by atoms with E-state index < -0.39 is 48.9 Å². The van der Waals surface area contributed by atoms with E-state index in [9.17, 15) is 31.1 Å². The van der Waals surface area contributed by atoms with Gasteiger partial charge in [0.05, 0.1) is 5.56 Å². The van der Waals surface area contributed by atoms with Crippen LogP contribution in [0.5, 0.6) is 0 Å². The van der Waals surface area contributed by atoms with Gasteiger partial charge in [0.1, 0.15) is 5.82 Å². The van der Waals surface area contributed by atoms with Gasteiger partial charge in [0.15, 0.2) is 0 Å². The van der Waals surface area contributed by atoms with E-state index in [0.717, 1.165) is 17.0 Å². The van der Waals surface area contributed by atoms with E-state index in [2.05, 4.69) is 5.32 Å². The summed E-state index contributed by atoms with van der Waals surface area (Å²) in [5.74, 6) is -4.27. The minimum Gasteiger partial charge on any atom is -0.334 e. The fraction of sp³-hybridized carbons (Fsp3) is 0.500. The predicted octanol–water partition coefficient (Wildman–Crippen LogP) is 3.79. The molecule has 0 unspecified atom stereocenters. The van der Waals surface area contributed by atoms with E-state index in [1.165, 1.54) is 0 Å². The predicted molar refractivity (Wildman–Crippen MR) is 69.4 cm³/mol. The van der Waals surface area contributed by atoms with Crippen LogP contribution in [-0.2, 0) is 12.7 Å².